The number of hydrogen-bond acceptors (Lipinski definition) is 7. The molecule has 39 heavy (non-hydrogen) atoms. The maximum atomic E-state index is 13.4. The van der Waals surface area contributed by atoms with Crippen LogP contribution in [0.1, 0.15) is 74.9 Å². The number of unbranched alkanes of at least 4 members (excludes halogenated alkanes) is 1. The van der Waals surface area contributed by atoms with Crippen molar-refractivity contribution in [3.8, 4) is 0 Å². The summed E-state index contributed by atoms with van der Waals surface area (Å²) in [5.41, 5.74) is 2.41. The zero-order valence-corrected chi connectivity index (χ0v) is 22.9. The van der Waals surface area contributed by atoms with Crippen molar-refractivity contribution in [3.63, 3.8) is 0 Å². The normalized spacial score (nSPS) is 10.8. The van der Waals surface area contributed by atoms with Crippen LogP contribution in [0.15, 0.2) is 59.4 Å². The number of carbonyl (C=O) groups is 3. The Morgan fingerprint density at radius 2 is 1.56 bits per heavy atom. The first-order chi connectivity index (χ1) is 18.8. The van der Waals surface area contributed by atoms with E-state index in [9.17, 15) is 19.2 Å². The Labute approximate surface area is 229 Å². The fourth-order valence-electron chi connectivity index (χ4n) is 3.93. The molecule has 0 aliphatic heterocycles. The Morgan fingerprint density at radius 1 is 0.923 bits per heavy atom. The first kappa shape index (κ1) is 27.7. The van der Waals surface area contributed by atoms with Gasteiger partial charge in [0.2, 0.25) is 0 Å². The van der Waals surface area contributed by atoms with Gasteiger partial charge in [-0.2, -0.15) is 0 Å². The molecule has 9 nitrogen and oxygen atoms in total. The molecule has 0 saturated heterocycles. The van der Waals surface area contributed by atoms with Gasteiger partial charge in [0.1, 0.15) is 10.6 Å². The minimum absolute atomic E-state index is 0.0358. The molecule has 0 spiro atoms. The molecule has 0 fully saturated rings. The zero-order valence-electron chi connectivity index (χ0n) is 22.1. The van der Waals surface area contributed by atoms with Gasteiger partial charge in [-0.05, 0) is 68.1 Å². The third-order valence-corrected chi connectivity index (χ3v) is 6.96. The van der Waals surface area contributed by atoms with Crippen LogP contribution in [0.2, 0.25) is 0 Å². The molecular weight excluding hydrogens is 516 g/mol. The monoisotopic (exact) mass is 546 g/mol. The van der Waals surface area contributed by atoms with Crippen molar-refractivity contribution in [2.45, 2.75) is 46.5 Å². The molecule has 0 radical (unpaired) electrons. The molecule has 0 aliphatic carbocycles. The third-order valence-electron chi connectivity index (χ3n) is 5.92. The van der Waals surface area contributed by atoms with Gasteiger partial charge in [0, 0.05) is 23.1 Å². The number of amides is 2. The van der Waals surface area contributed by atoms with Crippen molar-refractivity contribution in [2.24, 2.45) is 0 Å². The molecule has 2 amide bonds. The molecule has 0 bridgehead atoms. The molecular formula is C29H30N4O5S. The Balaban J connectivity index is 1.62. The van der Waals surface area contributed by atoms with Gasteiger partial charge in [-0.15, -0.1) is 0 Å². The van der Waals surface area contributed by atoms with E-state index in [-0.39, 0.29) is 15.5 Å². The molecule has 0 atom stereocenters. The number of anilines is 2. The molecule has 0 unspecified atom stereocenters. The van der Waals surface area contributed by atoms with Gasteiger partial charge >= 0.3 is 5.97 Å². The number of aryl methyl sites for hydroxylation is 2. The van der Waals surface area contributed by atoms with E-state index in [0.717, 1.165) is 40.6 Å². The lowest BCUT2D eigenvalue weighted by molar-refractivity contribution is 0.0505. The molecule has 202 valence electrons. The lowest BCUT2D eigenvalue weighted by Crippen LogP contribution is -2.25. The van der Waals surface area contributed by atoms with E-state index in [2.05, 4.69) is 22.5 Å². The highest BCUT2D eigenvalue weighted by atomic mass is 32.1. The van der Waals surface area contributed by atoms with Crippen molar-refractivity contribution >= 4 is 45.5 Å². The standard InChI is InChI=1S/C29H30N4O5S/c1-4-6-7-19-8-12-21(13-9-19)31-26(35)24-25(39-29-30-18(3)17-23(34)33(24)29)27(36)32-22-14-10-20(11-15-22)28(37)38-16-5-2/h8-15,17H,4-7,16H2,1-3H3,(H,31,35)(H,32,36). The minimum atomic E-state index is -0.602. The quantitative estimate of drug-likeness (QED) is 0.254. The van der Waals surface area contributed by atoms with Crippen molar-refractivity contribution in [1.82, 2.24) is 9.38 Å². The van der Waals surface area contributed by atoms with Crippen LogP contribution in [-0.2, 0) is 11.2 Å². The number of esters is 1. The third kappa shape index (κ3) is 6.58. The average Bonchev–Trinajstić information content (AvgIpc) is 3.32. The Morgan fingerprint density at radius 3 is 2.21 bits per heavy atom. The Kier molecular flexibility index (Phi) is 8.88. The zero-order chi connectivity index (χ0) is 27.9. The summed E-state index contributed by atoms with van der Waals surface area (Å²) in [7, 11) is 0. The maximum absolute atomic E-state index is 13.4. The predicted molar refractivity (Wildman–Crippen MR) is 152 cm³/mol. The van der Waals surface area contributed by atoms with Gasteiger partial charge < -0.3 is 15.4 Å². The van der Waals surface area contributed by atoms with Crippen molar-refractivity contribution in [1.29, 1.82) is 0 Å². The first-order valence-electron chi connectivity index (χ1n) is 12.8. The minimum Gasteiger partial charge on any atom is -0.462 e. The average molecular weight is 547 g/mol. The largest absolute Gasteiger partial charge is 0.462 e. The van der Waals surface area contributed by atoms with Gasteiger partial charge in [-0.3, -0.25) is 14.4 Å². The van der Waals surface area contributed by atoms with Crippen LogP contribution in [0.25, 0.3) is 4.96 Å². The van der Waals surface area contributed by atoms with E-state index < -0.39 is 23.3 Å². The van der Waals surface area contributed by atoms with Gasteiger partial charge in [-0.1, -0.05) is 43.7 Å². The fraction of sp³-hybridized carbons (Fsp3) is 0.276. The number of nitrogens with one attached hydrogen (secondary N) is 2. The summed E-state index contributed by atoms with van der Waals surface area (Å²) in [6, 6.07) is 15.1. The predicted octanol–water partition coefficient (Wildman–Crippen LogP) is 5.48. The molecule has 2 aromatic heterocycles. The maximum Gasteiger partial charge on any atom is 0.338 e. The number of nitrogens with zero attached hydrogens (tertiary/aromatic N) is 2. The number of benzene rings is 2. The number of carbonyl (C=O) groups excluding carboxylic acids is 3. The second-order valence-electron chi connectivity index (χ2n) is 9.06. The lowest BCUT2D eigenvalue weighted by Gasteiger charge is -2.09. The van der Waals surface area contributed by atoms with E-state index in [1.807, 2.05) is 19.1 Å². The van der Waals surface area contributed by atoms with E-state index in [0.29, 0.717) is 35.7 Å². The lowest BCUT2D eigenvalue weighted by atomic mass is 10.1. The van der Waals surface area contributed by atoms with Crippen LogP contribution in [-0.4, -0.2) is 33.8 Å². The van der Waals surface area contributed by atoms with Crippen LogP contribution in [0.3, 0.4) is 0 Å². The summed E-state index contributed by atoms with van der Waals surface area (Å²) >= 11 is 0.952. The number of aromatic nitrogens is 2. The smallest absolute Gasteiger partial charge is 0.338 e. The molecule has 4 rings (SSSR count). The van der Waals surface area contributed by atoms with E-state index in [1.54, 1.807) is 43.3 Å². The summed E-state index contributed by atoms with van der Waals surface area (Å²) in [4.78, 5) is 56.4. The SMILES string of the molecule is CCCCc1ccc(NC(=O)c2c(C(=O)Nc3ccc(C(=O)OCCC)cc3)sc3nc(C)cc(=O)n23)cc1. The van der Waals surface area contributed by atoms with Gasteiger partial charge in [0.25, 0.3) is 17.4 Å². The first-order valence-corrected chi connectivity index (χ1v) is 13.6. The molecule has 10 heteroatoms. The van der Waals surface area contributed by atoms with Crippen molar-refractivity contribution in [3.05, 3.63) is 92.3 Å². The molecule has 2 N–H and O–H groups in total. The number of fused-ring (bicyclic) bond motifs is 1. The summed E-state index contributed by atoms with van der Waals surface area (Å²) in [6.45, 7) is 6.03. The van der Waals surface area contributed by atoms with Crippen molar-refractivity contribution < 1.29 is 19.1 Å². The highest BCUT2D eigenvalue weighted by Gasteiger charge is 2.26. The summed E-state index contributed by atoms with van der Waals surface area (Å²) in [5, 5.41) is 5.55. The molecule has 4 aromatic rings. The highest BCUT2D eigenvalue weighted by Crippen LogP contribution is 2.24. The van der Waals surface area contributed by atoms with E-state index in [4.69, 9.17) is 4.74 Å². The summed E-state index contributed by atoms with van der Waals surface area (Å²) < 4.78 is 6.29. The Bertz CT molecular complexity index is 1560. The summed E-state index contributed by atoms with van der Waals surface area (Å²) in [5.74, 6) is -1.63. The van der Waals surface area contributed by atoms with E-state index in [1.165, 1.54) is 6.07 Å². The van der Waals surface area contributed by atoms with Crippen molar-refractivity contribution in [2.75, 3.05) is 17.2 Å². The highest BCUT2D eigenvalue weighted by molar-refractivity contribution is 7.19. The molecule has 2 aromatic carbocycles. The van der Waals surface area contributed by atoms with Gasteiger partial charge in [0.05, 0.1) is 12.2 Å². The van der Waals surface area contributed by atoms with Crippen LogP contribution < -0.4 is 16.2 Å². The number of thiazole rings is 1. The number of ether oxygens (including phenoxy) is 1. The molecule has 0 aliphatic rings. The second-order valence-corrected chi connectivity index (χ2v) is 10.0. The molecule has 0 saturated carbocycles. The summed E-state index contributed by atoms with van der Waals surface area (Å²) in [6.07, 6.45) is 3.83. The van der Waals surface area contributed by atoms with Gasteiger partial charge in [0.15, 0.2) is 4.96 Å². The topological polar surface area (TPSA) is 119 Å². The number of hydrogen-bond donors (Lipinski definition) is 2. The Hall–Kier alpha value is -4.31. The fourth-order valence-corrected chi connectivity index (χ4v) is 5.00. The van der Waals surface area contributed by atoms with Crippen LogP contribution >= 0.6 is 11.3 Å². The second kappa shape index (κ2) is 12.5. The molecule has 2 heterocycles. The number of rotatable bonds is 10. The van der Waals surface area contributed by atoms with Crippen LogP contribution in [0.5, 0.6) is 0 Å². The van der Waals surface area contributed by atoms with E-state index >= 15 is 0 Å². The van der Waals surface area contributed by atoms with Crippen LogP contribution in [0, 0.1) is 6.92 Å². The van der Waals surface area contributed by atoms with Gasteiger partial charge in [-0.25, -0.2) is 14.2 Å². The van der Waals surface area contributed by atoms with Crippen LogP contribution in [0.4, 0.5) is 11.4 Å².